The summed E-state index contributed by atoms with van der Waals surface area (Å²) in [6.07, 6.45) is 10.0. The van der Waals surface area contributed by atoms with Gasteiger partial charge in [0.15, 0.2) is 5.69 Å². The first-order chi connectivity index (χ1) is 27.8. The summed E-state index contributed by atoms with van der Waals surface area (Å²) in [5.41, 5.74) is 2.71. The van der Waals surface area contributed by atoms with E-state index in [-0.39, 0.29) is 62.0 Å². The second-order valence-corrected chi connectivity index (χ2v) is 14.3. The lowest BCUT2D eigenvalue weighted by atomic mass is 9.55. The smallest absolute Gasteiger partial charge is 0.361 e. The molecule has 1 aromatic heterocycles. The quantitative estimate of drug-likeness (QED) is 0.0583. The summed E-state index contributed by atoms with van der Waals surface area (Å²) in [6.45, 7) is 8.48. The lowest BCUT2D eigenvalue weighted by Gasteiger charge is -2.58. The van der Waals surface area contributed by atoms with Crippen LogP contribution in [0.4, 0.5) is 0 Å². The third kappa shape index (κ3) is 8.53. The number of oxime groups is 1. The number of rotatable bonds is 20. The topological polar surface area (TPSA) is 173 Å². The average molecular weight is 785 g/mol. The molecule has 14 nitrogen and oxygen atoms in total. The molecule has 6 atom stereocenters. The largest absolute Gasteiger partial charge is 0.490 e. The van der Waals surface area contributed by atoms with Crippen LogP contribution >= 0.6 is 0 Å². The van der Waals surface area contributed by atoms with Gasteiger partial charge in [-0.05, 0) is 66.9 Å². The van der Waals surface area contributed by atoms with Gasteiger partial charge in [-0.2, -0.15) is 0 Å². The Balaban J connectivity index is 1.63. The Morgan fingerprint density at radius 2 is 1.72 bits per heavy atom. The molecule has 3 aromatic rings. The molecule has 0 bridgehead atoms. The lowest BCUT2D eigenvalue weighted by molar-refractivity contribution is -0.252. The maximum atomic E-state index is 13.6. The van der Waals surface area contributed by atoms with Crippen LogP contribution in [0.3, 0.4) is 0 Å². The number of carbonyl (C=O) groups is 2. The number of carbonyl (C=O) groups excluding carboxylic acids is 2. The minimum absolute atomic E-state index is 0.000283. The number of esters is 2. The molecular weight excluding hydrogens is 732 g/mol. The summed E-state index contributed by atoms with van der Waals surface area (Å²) < 4.78 is 31.7. The second-order valence-electron chi connectivity index (χ2n) is 14.3. The Hall–Kier alpha value is -5.31. The first-order valence-corrected chi connectivity index (χ1v) is 19.4. The molecule has 3 aliphatic rings. The summed E-state index contributed by atoms with van der Waals surface area (Å²) in [7, 11) is 2.40. The predicted octanol–water partition coefficient (Wildman–Crippen LogP) is 6.12. The molecule has 2 heterocycles. The zero-order valence-electron chi connectivity index (χ0n) is 32.6. The van der Waals surface area contributed by atoms with E-state index >= 15 is 0 Å². The van der Waals surface area contributed by atoms with E-state index in [9.17, 15) is 19.8 Å². The maximum absolute atomic E-state index is 13.6. The molecule has 304 valence electrons. The summed E-state index contributed by atoms with van der Waals surface area (Å²) >= 11 is 0. The SMILES string of the molecule is C=CCOc1ccc2c(c1)C1C(CCCCO)C(CCCCO)C=C3C(=NOCc4ccccc4)CC(n4nnc(C(=O)OC)c4C(=O)OC)C(OCC=C)(O2)C31. The number of nitrogens with zero attached hydrogens (tertiary/aromatic N) is 4. The Kier molecular flexibility index (Phi) is 13.9. The Morgan fingerprint density at radius 3 is 2.42 bits per heavy atom. The van der Waals surface area contributed by atoms with Gasteiger partial charge < -0.3 is 38.7 Å². The third-order valence-corrected chi connectivity index (χ3v) is 11.0. The van der Waals surface area contributed by atoms with Crippen molar-refractivity contribution in [3.8, 4) is 11.5 Å². The van der Waals surface area contributed by atoms with Crippen molar-refractivity contribution in [2.24, 2.45) is 22.9 Å². The minimum atomic E-state index is -1.57. The van der Waals surface area contributed by atoms with Gasteiger partial charge in [-0.1, -0.05) is 78.3 Å². The van der Waals surface area contributed by atoms with E-state index in [0.29, 0.717) is 36.7 Å². The van der Waals surface area contributed by atoms with Gasteiger partial charge in [-0.15, -0.1) is 11.7 Å². The monoisotopic (exact) mass is 784 g/mol. The number of hydrogen-bond acceptors (Lipinski definition) is 13. The van der Waals surface area contributed by atoms with Crippen LogP contribution in [0.5, 0.6) is 11.5 Å². The van der Waals surface area contributed by atoms with E-state index in [2.05, 4.69) is 29.5 Å². The summed E-state index contributed by atoms with van der Waals surface area (Å²) in [6, 6.07) is 14.4. The molecular formula is C43H52N4O10. The Labute approximate surface area is 332 Å². The first kappa shape index (κ1) is 41.3. The van der Waals surface area contributed by atoms with Gasteiger partial charge in [-0.25, -0.2) is 14.3 Å². The molecule has 2 aliphatic carbocycles. The van der Waals surface area contributed by atoms with Crippen LogP contribution < -0.4 is 9.47 Å². The number of aliphatic hydroxyl groups excluding tert-OH is 2. The van der Waals surface area contributed by atoms with Crippen LogP contribution in [0, 0.1) is 17.8 Å². The highest BCUT2D eigenvalue weighted by Crippen LogP contribution is 2.63. The minimum Gasteiger partial charge on any atom is -0.490 e. The summed E-state index contributed by atoms with van der Waals surface area (Å²) in [5, 5.41) is 33.1. The fraction of sp³-hybridized carbons (Fsp3) is 0.465. The van der Waals surface area contributed by atoms with Crippen molar-refractivity contribution in [1.82, 2.24) is 15.0 Å². The number of unbranched alkanes of at least 4 members (excludes halogenated alkanes) is 2. The number of allylic oxidation sites excluding steroid dienone is 1. The highest BCUT2D eigenvalue weighted by Gasteiger charge is 2.65. The third-order valence-electron chi connectivity index (χ3n) is 11.0. The molecule has 2 N–H and O–H groups in total. The molecule has 6 rings (SSSR count). The van der Waals surface area contributed by atoms with Crippen LogP contribution in [0.1, 0.15) is 89.0 Å². The highest BCUT2D eigenvalue weighted by atomic mass is 16.7. The van der Waals surface area contributed by atoms with Crippen molar-refractivity contribution in [3.05, 3.63) is 108 Å². The molecule has 1 saturated carbocycles. The summed E-state index contributed by atoms with van der Waals surface area (Å²) in [5.74, 6) is -2.94. The van der Waals surface area contributed by atoms with Crippen molar-refractivity contribution in [1.29, 1.82) is 0 Å². The van der Waals surface area contributed by atoms with Crippen LogP contribution in [-0.2, 0) is 25.7 Å². The molecule has 0 spiro atoms. The average Bonchev–Trinajstić information content (AvgIpc) is 3.68. The fourth-order valence-electron chi connectivity index (χ4n) is 8.61. The number of aliphatic hydroxyl groups is 2. The van der Waals surface area contributed by atoms with E-state index in [0.717, 1.165) is 42.4 Å². The number of benzene rings is 2. The number of ether oxygens (including phenoxy) is 5. The van der Waals surface area contributed by atoms with E-state index in [1.165, 1.54) is 18.9 Å². The van der Waals surface area contributed by atoms with Gasteiger partial charge in [0.2, 0.25) is 11.5 Å². The Bertz CT molecular complexity index is 1940. The van der Waals surface area contributed by atoms with Crippen molar-refractivity contribution >= 4 is 17.7 Å². The molecule has 1 aliphatic heterocycles. The van der Waals surface area contributed by atoms with Gasteiger partial charge in [0.05, 0.1) is 32.5 Å². The number of hydrogen-bond donors (Lipinski definition) is 2. The van der Waals surface area contributed by atoms with Crippen LogP contribution in [0.25, 0.3) is 0 Å². The number of fused-ring (bicyclic) bond motifs is 2. The van der Waals surface area contributed by atoms with E-state index in [1.54, 1.807) is 12.2 Å². The molecule has 0 radical (unpaired) electrons. The molecule has 0 amide bonds. The molecule has 0 saturated heterocycles. The van der Waals surface area contributed by atoms with Gasteiger partial charge >= 0.3 is 11.9 Å². The molecule has 1 fully saturated rings. The molecule has 6 unspecified atom stereocenters. The van der Waals surface area contributed by atoms with Crippen molar-refractivity contribution in [2.45, 2.75) is 69.3 Å². The highest BCUT2D eigenvalue weighted by molar-refractivity contribution is 6.03. The first-order valence-electron chi connectivity index (χ1n) is 19.4. The normalized spacial score (nSPS) is 24.0. The maximum Gasteiger partial charge on any atom is 0.361 e. The van der Waals surface area contributed by atoms with E-state index in [1.807, 2.05) is 48.5 Å². The lowest BCUT2D eigenvalue weighted by Crippen LogP contribution is -2.63. The standard InChI is InChI=1S/C43H52N4O10/c1-5-22-54-30-18-19-35-33(25-30)37-31(17-11-13-21-49)29(16-10-12-20-48)24-32-34(45-56-27-28-14-8-7-9-15-28)26-36(43(57-35,38(32)37)55-23-6-2)47-40(42(51)53-4)39(44-46-47)41(50)52-3/h5-9,14-15,18-19,24-25,29,31,36-38,48-49H,1-2,10-13,16-17,20-23,26-27H2,3-4H3. The zero-order chi connectivity index (χ0) is 40.4. The molecule has 14 heteroatoms. The van der Waals surface area contributed by atoms with Crippen LogP contribution in [0.15, 0.2) is 90.6 Å². The second kappa shape index (κ2) is 19.2. The number of aromatic nitrogens is 3. The fourth-order valence-corrected chi connectivity index (χ4v) is 8.61. The van der Waals surface area contributed by atoms with Crippen molar-refractivity contribution < 1.29 is 48.3 Å². The van der Waals surface area contributed by atoms with E-state index in [4.69, 9.17) is 33.7 Å². The van der Waals surface area contributed by atoms with Crippen molar-refractivity contribution in [2.75, 3.05) is 40.6 Å². The van der Waals surface area contributed by atoms with Gasteiger partial charge in [0.1, 0.15) is 30.8 Å². The van der Waals surface area contributed by atoms with E-state index < -0.39 is 29.7 Å². The number of methoxy groups -OCH3 is 2. The zero-order valence-corrected chi connectivity index (χ0v) is 32.6. The molecule has 57 heavy (non-hydrogen) atoms. The Morgan fingerprint density at radius 1 is 0.982 bits per heavy atom. The van der Waals surface area contributed by atoms with Crippen LogP contribution in [0.2, 0.25) is 0 Å². The van der Waals surface area contributed by atoms with Gasteiger partial charge in [0.25, 0.3) is 0 Å². The van der Waals surface area contributed by atoms with Gasteiger partial charge in [0, 0.05) is 31.1 Å². The predicted molar refractivity (Wildman–Crippen MR) is 210 cm³/mol. The summed E-state index contributed by atoms with van der Waals surface area (Å²) in [4.78, 5) is 32.8. The van der Waals surface area contributed by atoms with Crippen LogP contribution in [-0.4, -0.2) is 89.3 Å². The van der Waals surface area contributed by atoms with Gasteiger partial charge in [-0.3, -0.25) is 0 Å². The van der Waals surface area contributed by atoms with Crippen molar-refractivity contribution in [3.63, 3.8) is 0 Å². The molecule has 2 aromatic carbocycles.